The quantitative estimate of drug-likeness (QED) is 0.182. The van der Waals surface area contributed by atoms with Gasteiger partial charge >= 0.3 is 31.6 Å². The molecule has 2 saturated heterocycles. The van der Waals surface area contributed by atoms with Crippen molar-refractivity contribution in [2.45, 2.75) is 63.2 Å². The Hall–Kier alpha value is -3.08. The number of rotatable bonds is 6. The van der Waals surface area contributed by atoms with Gasteiger partial charge in [0.15, 0.2) is 0 Å². The van der Waals surface area contributed by atoms with Crippen molar-refractivity contribution < 1.29 is 49.7 Å². The Kier molecular flexibility index (Phi) is 21.6. The number of carboxylic acid groups (broad SMARTS) is 4. The Morgan fingerprint density at radius 3 is 1.46 bits per heavy atom. The molecule has 1 radical (unpaired) electrons. The maximum atomic E-state index is 10.4. The smallest absolute Gasteiger partial charge is 0.480 e. The van der Waals surface area contributed by atoms with Crippen molar-refractivity contribution in [1.29, 1.82) is 0 Å². The zero-order valence-corrected chi connectivity index (χ0v) is 20.7. The molecule has 2 fully saturated rings. The third kappa shape index (κ3) is 20.8. The Bertz CT molecular complexity index is 748. The number of hydrogen-bond donors (Lipinski definition) is 10. The van der Waals surface area contributed by atoms with Gasteiger partial charge in [-0.1, -0.05) is 30.3 Å². The summed E-state index contributed by atoms with van der Waals surface area (Å²) in [5.74, 6) is -3.36. The van der Waals surface area contributed by atoms with E-state index in [2.05, 4.69) is 10.6 Å². The number of nitrogens with two attached hydrogens (primary N) is 2. The van der Waals surface area contributed by atoms with Crippen molar-refractivity contribution in [3.8, 4) is 0 Å². The number of carbonyl (C=O) groups is 4. The van der Waals surface area contributed by atoms with Gasteiger partial charge in [-0.3, -0.25) is 19.2 Å². The number of hydrogen-bond acceptors (Lipinski definition) is 10. The van der Waals surface area contributed by atoms with Crippen molar-refractivity contribution in [2.24, 2.45) is 11.5 Å². The summed E-state index contributed by atoms with van der Waals surface area (Å²) >= 11 is 0. The molecule has 12 N–H and O–H groups in total. The predicted molar refractivity (Wildman–Crippen MR) is 135 cm³/mol. The van der Waals surface area contributed by atoms with Gasteiger partial charge in [0.2, 0.25) is 0 Å². The predicted octanol–water partition coefficient (Wildman–Crippen LogP) is -1.79. The molecule has 0 bridgehead atoms. The van der Waals surface area contributed by atoms with Crippen molar-refractivity contribution in [2.75, 3.05) is 13.1 Å². The van der Waals surface area contributed by atoms with Crippen LogP contribution >= 0.6 is 0 Å². The molecule has 14 nitrogen and oxygen atoms in total. The minimum absolute atomic E-state index is 0. The van der Waals surface area contributed by atoms with Crippen LogP contribution < -0.4 is 22.1 Å². The second-order valence-electron chi connectivity index (χ2n) is 7.85. The summed E-state index contributed by atoms with van der Waals surface area (Å²) in [4.78, 5) is 40.2. The largest absolute Gasteiger partial charge is 0.482 e. The summed E-state index contributed by atoms with van der Waals surface area (Å²) in [6.45, 7) is 3.14. The van der Waals surface area contributed by atoms with E-state index in [9.17, 15) is 19.2 Å². The molecule has 0 aromatic heterocycles. The molecule has 0 spiro atoms. The summed E-state index contributed by atoms with van der Waals surface area (Å²) in [6, 6.07) is 7.28. The van der Waals surface area contributed by atoms with Crippen LogP contribution in [0.3, 0.4) is 0 Å². The topological polar surface area (TPSA) is 266 Å². The molecule has 0 aliphatic carbocycles. The fourth-order valence-corrected chi connectivity index (χ4v) is 2.75. The molecule has 2 aliphatic heterocycles. The van der Waals surface area contributed by atoms with E-state index >= 15 is 0 Å². The summed E-state index contributed by atoms with van der Waals surface area (Å²) in [5.41, 5.74) is 11.1. The molecule has 4 atom stereocenters. The summed E-state index contributed by atoms with van der Waals surface area (Å²) in [5, 5.41) is 52.8. The van der Waals surface area contributed by atoms with Crippen LogP contribution in [0.5, 0.6) is 0 Å². The number of nitrogens with one attached hydrogen (secondary N) is 2. The number of benzene rings is 1. The Morgan fingerprint density at radius 1 is 0.865 bits per heavy atom. The normalized spacial score (nSPS) is 18.8. The lowest BCUT2D eigenvalue weighted by molar-refractivity contribution is -0.140. The van der Waals surface area contributed by atoms with Crippen LogP contribution in [0.2, 0.25) is 0 Å². The lowest BCUT2D eigenvalue weighted by Gasteiger charge is -2.04. The Balaban J connectivity index is 0. The van der Waals surface area contributed by atoms with E-state index in [1.54, 1.807) is 0 Å². The van der Waals surface area contributed by atoms with E-state index in [-0.39, 0.29) is 19.8 Å². The minimum atomic E-state index is -0.963. The molecular formula is C22H38BN4O10. The van der Waals surface area contributed by atoms with Gasteiger partial charge in [-0.05, 0) is 57.7 Å². The van der Waals surface area contributed by atoms with Gasteiger partial charge in [0.25, 0.3) is 0 Å². The maximum Gasteiger partial charge on any atom is 0.482 e. The minimum Gasteiger partial charge on any atom is -0.480 e. The van der Waals surface area contributed by atoms with Crippen LogP contribution in [0, 0.1) is 0 Å². The van der Waals surface area contributed by atoms with Crippen molar-refractivity contribution in [3.63, 3.8) is 0 Å². The van der Waals surface area contributed by atoms with Crippen LogP contribution in [-0.4, -0.2) is 99.3 Å². The number of aliphatic carboxylic acids is 4. The first kappa shape index (κ1) is 36.1. The van der Waals surface area contributed by atoms with Crippen molar-refractivity contribution in [3.05, 3.63) is 35.9 Å². The fourth-order valence-electron chi connectivity index (χ4n) is 2.75. The molecular weight excluding hydrogens is 491 g/mol. The number of carboxylic acids is 4. The highest BCUT2D eigenvalue weighted by Crippen LogP contribution is 2.04. The zero-order valence-electron chi connectivity index (χ0n) is 20.7. The van der Waals surface area contributed by atoms with Crippen LogP contribution in [0.25, 0.3) is 0 Å². The van der Waals surface area contributed by atoms with Gasteiger partial charge in [0.1, 0.15) is 24.2 Å². The van der Waals surface area contributed by atoms with Crippen LogP contribution in [0.15, 0.2) is 30.3 Å². The summed E-state index contributed by atoms with van der Waals surface area (Å²) in [7, 11) is 0. The molecule has 1 aromatic rings. The molecule has 37 heavy (non-hydrogen) atoms. The Labute approximate surface area is 216 Å². The van der Waals surface area contributed by atoms with Crippen molar-refractivity contribution >= 4 is 31.6 Å². The van der Waals surface area contributed by atoms with Gasteiger partial charge in [0.05, 0.1) is 0 Å². The molecule has 3 rings (SSSR count). The van der Waals surface area contributed by atoms with E-state index in [1.165, 1.54) is 6.92 Å². The molecule has 0 saturated carbocycles. The van der Waals surface area contributed by atoms with Gasteiger partial charge in [0, 0.05) is 0 Å². The molecule has 2 aliphatic rings. The highest BCUT2D eigenvalue weighted by molar-refractivity contribution is 6.13. The van der Waals surface area contributed by atoms with E-state index in [0.29, 0.717) is 6.42 Å². The average Bonchev–Trinajstić information content (AvgIpc) is 3.56. The first-order valence-corrected chi connectivity index (χ1v) is 11.4. The van der Waals surface area contributed by atoms with E-state index in [1.807, 2.05) is 30.3 Å². The second kappa shape index (κ2) is 22.1. The van der Waals surface area contributed by atoms with Gasteiger partial charge < -0.3 is 52.6 Å². The molecule has 15 heteroatoms. The summed E-state index contributed by atoms with van der Waals surface area (Å²) < 4.78 is 0. The fraction of sp³-hybridized carbons (Fsp3) is 0.545. The molecule has 1 aromatic carbocycles. The third-order valence-electron chi connectivity index (χ3n) is 4.72. The monoisotopic (exact) mass is 529 g/mol. The van der Waals surface area contributed by atoms with Crippen LogP contribution in [0.1, 0.15) is 38.2 Å². The van der Waals surface area contributed by atoms with E-state index in [4.69, 9.17) is 41.9 Å². The highest BCUT2D eigenvalue weighted by Gasteiger charge is 2.20. The first-order valence-electron chi connectivity index (χ1n) is 11.4. The summed E-state index contributed by atoms with van der Waals surface area (Å²) in [6.07, 6.45) is 3.95. The maximum absolute atomic E-state index is 10.4. The lowest BCUT2D eigenvalue weighted by atomic mass is 10.1. The average molecular weight is 529 g/mol. The molecule has 209 valence electrons. The van der Waals surface area contributed by atoms with Crippen molar-refractivity contribution in [1.82, 2.24) is 10.6 Å². The van der Waals surface area contributed by atoms with Crippen LogP contribution in [-0.2, 0) is 25.6 Å². The van der Waals surface area contributed by atoms with Gasteiger partial charge in [-0.2, -0.15) is 0 Å². The van der Waals surface area contributed by atoms with E-state index in [0.717, 1.165) is 44.3 Å². The van der Waals surface area contributed by atoms with Crippen LogP contribution in [0.4, 0.5) is 0 Å². The zero-order chi connectivity index (χ0) is 28.8. The molecule has 0 amide bonds. The second-order valence-corrected chi connectivity index (χ2v) is 7.85. The van der Waals surface area contributed by atoms with Gasteiger partial charge in [-0.15, -0.1) is 0 Å². The van der Waals surface area contributed by atoms with E-state index < -0.39 is 36.0 Å². The SMILES string of the molecule is C[C@H](N)C(=O)O.N[C@@H](Cc1ccccc1)C(=O)O.O=C(O)[C@@H]1CCCN1.O=C(O)[C@@H]1CCCN1.O[B]O. The molecule has 2 heterocycles. The Morgan fingerprint density at radius 2 is 1.24 bits per heavy atom. The van der Waals surface area contributed by atoms with Gasteiger partial charge in [-0.25, -0.2) is 0 Å². The lowest BCUT2D eigenvalue weighted by Crippen LogP contribution is -2.32. The highest BCUT2D eigenvalue weighted by atomic mass is 16.4. The third-order valence-corrected chi connectivity index (χ3v) is 4.72. The molecule has 0 unspecified atom stereocenters. The standard InChI is InChI=1S/C9H11NO2.2C5H9NO2.C3H7NO2.BH2O2/c10-8(9(11)12)6-7-4-2-1-3-5-7;2*7-5(8)4-2-1-3-6-4;1-2(4)3(5)6;2-1-3/h1-5,8H,6,10H2,(H,11,12);2*4,6H,1-3H2,(H,7,8);2H,4H2,1H3,(H,5,6);2-3H/t8-;2*4-;2-;/m0000./s1. The first-order chi connectivity index (χ1) is 17.4.